The summed E-state index contributed by atoms with van der Waals surface area (Å²) in [6.45, 7) is 4.44. The van der Waals surface area contributed by atoms with Gasteiger partial charge in [-0.1, -0.05) is 6.07 Å². The van der Waals surface area contributed by atoms with Gasteiger partial charge in [0.15, 0.2) is 0 Å². The van der Waals surface area contributed by atoms with Crippen LogP contribution in [0.3, 0.4) is 0 Å². The zero-order valence-electron chi connectivity index (χ0n) is 14.7. The summed E-state index contributed by atoms with van der Waals surface area (Å²) in [5.41, 5.74) is -1.06. The summed E-state index contributed by atoms with van der Waals surface area (Å²) in [6, 6.07) is 3.47. The molecule has 0 spiro atoms. The fraction of sp³-hybridized carbons (Fsp3) is 0.562. The number of amides is 1. The van der Waals surface area contributed by atoms with Gasteiger partial charge in [0.05, 0.1) is 17.0 Å². The van der Waals surface area contributed by atoms with Crippen LogP contribution < -0.4 is 4.72 Å². The van der Waals surface area contributed by atoms with Crippen LogP contribution in [0.15, 0.2) is 29.2 Å². The second-order valence-electron chi connectivity index (χ2n) is 6.53. The highest BCUT2D eigenvalue weighted by Gasteiger charge is 2.33. The molecule has 1 N–H and O–H groups in total. The first-order valence-corrected chi connectivity index (χ1v) is 9.57. The van der Waals surface area contributed by atoms with E-state index < -0.39 is 39.1 Å². The van der Waals surface area contributed by atoms with Crippen molar-refractivity contribution in [3.63, 3.8) is 0 Å². The molecule has 146 valence electrons. The molecule has 26 heavy (non-hydrogen) atoms. The third-order valence-electron chi connectivity index (χ3n) is 4.50. The Bertz CT molecular complexity index is 767. The molecular weight excluding hydrogens is 371 g/mol. The molecule has 0 aliphatic carbocycles. The molecule has 0 bridgehead atoms. The third kappa shape index (κ3) is 4.74. The summed E-state index contributed by atoms with van der Waals surface area (Å²) >= 11 is 0. The topological polar surface area (TPSA) is 69.7 Å². The Morgan fingerprint density at radius 2 is 1.88 bits per heavy atom. The molecule has 1 amide bonds. The molecule has 0 radical (unpaired) electrons. The molecule has 1 fully saturated rings. The van der Waals surface area contributed by atoms with Gasteiger partial charge in [0.2, 0.25) is 15.9 Å². The number of alkyl halides is 3. The molecule has 1 aromatic rings. The van der Waals surface area contributed by atoms with Crippen molar-refractivity contribution in [2.75, 3.05) is 26.7 Å². The molecule has 1 aliphatic heterocycles. The number of likely N-dealkylation sites (N-methyl/N-ethyl adjacent to an activating group) is 1. The molecule has 1 saturated heterocycles. The van der Waals surface area contributed by atoms with E-state index in [4.69, 9.17) is 0 Å². The van der Waals surface area contributed by atoms with Crippen molar-refractivity contribution in [1.29, 1.82) is 0 Å². The fourth-order valence-corrected chi connectivity index (χ4v) is 3.85. The Labute approximate surface area is 151 Å². The first-order valence-electron chi connectivity index (χ1n) is 8.08. The van der Waals surface area contributed by atoms with Gasteiger partial charge in [-0.15, -0.1) is 0 Å². The second kappa shape index (κ2) is 7.53. The first kappa shape index (κ1) is 20.7. The van der Waals surface area contributed by atoms with Crippen LogP contribution in [-0.4, -0.2) is 62.9 Å². The molecule has 2 atom stereocenters. The van der Waals surface area contributed by atoms with Crippen LogP contribution in [-0.2, 0) is 21.0 Å². The first-order chi connectivity index (χ1) is 11.9. The van der Waals surface area contributed by atoms with Gasteiger partial charge < -0.3 is 4.90 Å². The summed E-state index contributed by atoms with van der Waals surface area (Å²) in [5, 5.41) is 0. The second-order valence-corrected chi connectivity index (χ2v) is 8.30. The molecule has 1 heterocycles. The number of piperazine rings is 1. The van der Waals surface area contributed by atoms with Gasteiger partial charge in [-0.05, 0) is 39.1 Å². The molecule has 2 rings (SSSR count). The minimum absolute atomic E-state index is 0.0817. The van der Waals surface area contributed by atoms with E-state index in [2.05, 4.69) is 9.62 Å². The van der Waals surface area contributed by atoms with Gasteiger partial charge >= 0.3 is 6.18 Å². The van der Waals surface area contributed by atoms with Crippen molar-refractivity contribution in [3.05, 3.63) is 29.8 Å². The van der Waals surface area contributed by atoms with E-state index in [1.54, 1.807) is 4.90 Å². The number of carbonyl (C=O) groups excluding carboxylic acids is 1. The van der Waals surface area contributed by atoms with E-state index in [1.165, 1.54) is 0 Å². The van der Waals surface area contributed by atoms with Gasteiger partial charge in [0.25, 0.3) is 0 Å². The van der Waals surface area contributed by atoms with E-state index >= 15 is 0 Å². The fourth-order valence-electron chi connectivity index (χ4n) is 2.83. The maximum absolute atomic E-state index is 12.7. The van der Waals surface area contributed by atoms with Crippen molar-refractivity contribution in [2.45, 2.75) is 37.0 Å². The quantitative estimate of drug-likeness (QED) is 0.843. The predicted molar refractivity (Wildman–Crippen MR) is 89.9 cm³/mol. The largest absolute Gasteiger partial charge is 0.416 e. The Kier molecular flexibility index (Phi) is 5.99. The van der Waals surface area contributed by atoms with E-state index in [1.807, 2.05) is 20.9 Å². The lowest BCUT2D eigenvalue weighted by atomic mass is 10.1. The maximum atomic E-state index is 12.7. The van der Waals surface area contributed by atoms with Gasteiger partial charge in [-0.3, -0.25) is 9.69 Å². The van der Waals surface area contributed by atoms with Crippen molar-refractivity contribution in [2.24, 2.45) is 0 Å². The molecule has 1 aliphatic rings. The lowest BCUT2D eigenvalue weighted by molar-refractivity contribution is -0.138. The van der Waals surface area contributed by atoms with Gasteiger partial charge in [-0.2, -0.15) is 13.2 Å². The number of benzene rings is 1. The molecule has 10 heteroatoms. The van der Waals surface area contributed by atoms with E-state index in [9.17, 15) is 26.4 Å². The molecule has 0 aromatic heterocycles. The summed E-state index contributed by atoms with van der Waals surface area (Å²) < 4.78 is 64.8. The number of halogens is 3. The minimum Gasteiger partial charge on any atom is -0.336 e. The van der Waals surface area contributed by atoms with Crippen molar-refractivity contribution in [1.82, 2.24) is 14.5 Å². The van der Waals surface area contributed by atoms with Crippen LogP contribution in [0.1, 0.15) is 19.4 Å². The Morgan fingerprint density at radius 3 is 2.50 bits per heavy atom. The van der Waals surface area contributed by atoms with Crippen LogP contribution in [0.4, 0.5) is 13.2 Å². The normalized spacial score (nSPS) is 22.5. The van der Waals surface area contributed by atoms with Crippen LogP contribution in [0.2, 0.25) is 0 Å². The smallest absolute Gasteiger partial charge is 0.336 e. The number of carbonyl (C=O) groups is 1. The van der Waals surface area contributed by atoms with Gasteiger partial charge in [-0.25, -0.2) is 13.1 Å². The summed E-state index contributed by atoms with van der Waals surface area (Å²) in [4.78, 5) is 15.5. The summed E-state index contributed by atoms with van der Waals surface area (Å²) in [6.07, 6.45) is -4.65. The maximum Gasteiger partial charge on any atom is 0.416 e. The van der Waals surface area contributed by atoms with Crippen molar-refractivity contribution >= 4 is 15.9 Å². The standard InChI is InChI=1S/C16H22F3N3O3S/c1-11-10-22(12(2)9-21(11)3)15(23)8-20-26(24,25)14-6-4-5-13(7-14)16(17,18)19/h4-7,11-12,20H,8-10H2,1-3H3/t11-,12+/m0/s1. The van der Waals surface area contributed by atoms with Crippen molar-refractivity contribution in [3.8, 4) is 0 Å². The molecule has 6 nitrogen and oxygen atoms in total. The Hall–Kier alpha value is -1.65. The van der Waals surface area contributed by atoms with Gasteiger partial charge in [0, 0.05) is 25.2 Å². The highest BCUT2D eigenvalue weighted by atomic mass is 32.2. The third-order valence-corrected chi connectivity index (χ3v) is 5.90. The van der Waals surface area contributed by atoms with E-state index in [0.29, 0.717) is 19.2 Å². The minimum atomic E-state index is -4.65. The average Bonchev–Trinajstić information content (AvgIpc) is 2.55. The highest BCUT2D eigenvalue weighted by molar-refractivity contribution is 7.89. The van der Waals surface area contributed by atoms with Crippen molar-refractivity contribution < 1.29 is 26.4 Å². The number of nitrogens with one attached hydrogen (secondary N) is 1. The number of rotatable bonds is 4. The zero-order valence-corrected chi connectivity index (χ0v) is 15.6. The van der Waals surface area contributed by atoms with Crippen LogP contribution >= 0.6 is 0 Å². The van der Waals surface area contributed by atoms with Crippen LogP contribution in [0, 0.1) is 0 Å². The summed E-state index contributed by atoms with van der Waals surface area (Å²) in [7, 11) is -2.28. The van der Waals surface area contributed by atoms with Crippen LogP contribution in [0.5, 0.6) is 0 Å². The summed E-state index contributed by atoms with van der Waals surface area (Å²) in [5.74, 6) is -0.409. The molecule has 0 saturated carbocycles. The number of sulfonamides is 1. The molecular formula is C16H22F3N3O3S. The Balaban J connectivity index is 2.07. The van der Waals surface area contributed by atoms with E-state index in [0.717, 1.165) is 18.2 Å². The zero-order chi connectivity index (χ0) is 19.7. The average molecular weight is 393 g/mol. The molecule has 0 unspecified atom stereocenters. The Morgan fingerprint density at radius 1 is 1.23 bits per heavy atom. The van der Waals surface area contributed by atoms with Gasteiger partial charge in [0.1, 0.15) is 0 Å². The number of hydrogen-bond acceptors (Lipinski definition) is 4. The lowest BCUT2D eigenvalue weighted by Crippen LogP contribution is -2.58. The highest BCUT2D eigenvalue weighted by Crippen LogP contribution is 2.30. The monoisotopic (exact) mass is 393 g/mol. The number of nitrogens with zero attached hydrogens (tertiary/aromatic N) is 2. The SMILES string of the molecule is C[C@@H]1CN(C)[C@@H](C)CN1C(=O)CNS(=O)(=O)c1cccc(C(F)(F)F)c1. The molecule has 1 aromatic carbocycles. The number of hydrogen-bond donors (Lipinski definition) is 1. The van der Waals surface area contributed by atoms with E-state index in [-0.39, 0.29) is 12.1 Å². The van der Waals surface area contributed by atoms with Crippen LogP contribution in [0.25, 0.3) is 0 Å². The predicted octanol–water partition coefficient (Wildman–Crippen LogP) is 1.53. The lowest BCUT2D eigenvalue weighted by Gasteiger charge is -2.42.